The van der Waals surface area contributed by atoms with Crippen molar-refractivity contribution in [3.8, 4) is 11.4 Å². The van der Waals surface area contributed by atoms with Gasteiger partial charge in [0.15, 0.2) is 11.0 Å². The molecule has 29 heavy (non-hydrogen) atoms. The Morgan fingerprint density at radius 3 is 2.24 bits per heavy atom. The number of nitrogens with zero attached hydrogens (tertiary/aromatic N) is 3. The Morgan fingerprint density at radius 2 is 1.52 bits per heavy atom. The lowest BCUT2D eigenvalue weighted by atomic mass is 10.1. The number of halogens is 1. The fourth-order valence-corrected chi connectivity index (χ4v) is 4.20. The number of hydrogen-bond acceptors (Lipinski definition) is 4. The van der Waals surface area contributed by atoms with Gasteiger partial charge in [-0.1, -0.05) is 96.2 Å². The molecule has 0 spiro atoms. The summed E-state index contributed by atoms with van der Waals surface area (Å²) in [6.45, 7) is 0.623. The summed E-state index contributed by atoms with van der Waals surface area (Å²) >= 11 is 7.91. The summed E-state index contributed by atoms with van der Waals surface area (Å²) in [4.78, 5) is 0. The number of benzene rings is 3. The molecule has 6 heteroatoms. The van der Waals surface area contributed by atoms with E-state index in [1.165, 1.54) is 11.8 Å². The molecule has 4 rings (SSSR count). The summed E-state index contributed by atoms with van der Waals surface area (Å²) in [5.74, 6) is 1.20. The molecular formula is C23H20ClN3OS. The highest BCUT2D eigenvalue weighted by Gasteiger charge is 2.18. The first-order chi connectivity index (χ1) is 14.2. The van der Waals surface area contributed by atoms with Gasteiger partial charge >= 0.3 is 0 Å². The Labute approximate surface area is 179 Å². The van der Waals surface area contributed by atoms with Crippen LogP contribution in [0.15, 0.2) is 90.1 Å². The monoisotopic (exact) mass is 421 g/mol. The van der Waals surface area contributed by atoms with Crippen LogP contribution in [0, 0.1) is 0 Å². The van der Waals surface area contributed by atoms with Gasteiger partial charge in [0.1, 0.15) is 0 Å². The zero-order chi connectivity index (χ0) is 20.1. The van der Waals surface area contributed by atoms with E-state index >= 15 is 0 Å². The highest BCUT2D eigenvalue weighted by molar-refractivity contribution is 7.99. The Balaban J connectivity index is 1.64. The minimum absolute atomic E-state index is 0.486. The van der Waals surface area contributed by atoms with Gasteiger partial charge < -0.3 is 5.11 Å². The summed E-state index contributed by atoms with van der Waals surface area (Å²) in [7, 11) is 0. The molecule has 0 saturated carbocycles. The van der Waals surface area contributed by atoms with Crippen LogP contribution in [0.2, 0.25) is 5.02 Å². The van der Waals surface area contributed by atoms with E-state index in [-0.39, 0.29) is 0 Å². The Hall–Kier alpha value is -2.60. The number of hydrogen-bond donors (Lipinski definition) is 1. The molecule has 0 amide bonds. The van der Waals surface area contributed by atoms with Crippen molar-refractivity contribution in [1.29, 1.82) is 0 Å². The van der Waals surface area contributed by atoms with E-state index in [4.69, 9.17) is 11.6 Å². The van der Waals surface area contributed by atoms with Crippen LogP contribution >= 0.6 is 23.4 Å². The minimum Gasteiger partial charge on any atom is -0.388 e. The van der Waals surface area contributed by atoms with Gasteiger partial charge in [0.05, 0.1) is 17.7 Å². The summed E-state index contributed by atoms with van der Waals surface area (Å²) in [6.07, 6.45) is -0.577. The molecule has 1 atom stereocenters. The predicted octanol–water partition coefficient (Wildman–Crippen LogP) is 5.47. The largest absolute Gasteiger partial charge is 0.388 e. The molecule has 0 aliphatic rings. The number of aromatic nitrogens is 3. The third-order valence-electron chi connectivity index (χ3n) is 4.57. The molecule has 1 heterocycles. The van der Waals surface area contributed by atoms with Crippen LogP contribution in [-0.2, 0) is 6.54 Å². The van der Waals surface area contributed by atoms with Gasteiger partial charge in [0.25, 0.3) is 0 Å². The van der Waals surface area contributed by atoms with Crippen molar-refractivity contribution in [2.24, 2.45) is 0 Å². The molecule has 0 radical (unpaired) electrons. The molecule has 146 valence electrons. The van der Waals surface area contributed by atoms with Crippen LogP contribution in [0.25, 0.3) is 11.4 Å². The normalized spacial score (nSPS) is 12.1. The first-order valence-corrected chi connectivity index (χ1v) is 10.7. The highest BCUT2D eigenvalue weighted by atomic mass is 35.5. The second kappa shape index (κ2) is 9.27. The molecular weight excluding hydrogens is 402 g/mol. The average molecular weight is 422 g/mol. The van der Waals surface area contributed by atoms with E-state index in [9.17, 15) is 5.11 Å². The predicted molar refractivity (Wildman–Crippen MR) is 118 cm³/mol. The zero-order valence-corrected chi connectivity index (χ0v) is 17.2. The van der Waals surface area contributed by atoms with E-state index in [2.05, 4.69) is 26.9 Å². The van der Waals surface area contributed by atoms with Gasteiger partial charge in [0, 0.05) is 11.3 Å². The molecule has 4 nitrogen and oxygen atoms in total. The molecule has 1 unspecified atom stereocenters. The quantitative estimate of drug-likeness (QED) is 0.402. The van der Waals surface area contributed by atoms with Gasteiger partial charge in [-0.2, -0.15) is 0 Å². The van der Waals surface area contributed by atoms with Crippen LogP contribution in [0.5, 0.6) is 0 Å². The number of thioether (sulfide) groups is 1. The van der Waals surface area contributed by atoms with Crippen molar-refractivity contribution in [3.05, 3.63) is 101 Å². The fourth-order valence-electron chi connectivity index (χ4n) is 3.07. The van der Waals surface area contributed by atoms with Crippen LogP contribution in [0.1, 0.15) is 17.2 Å². The smallest absolute Gasteiger partial charge is 0.191 e. The number of rotatable bonds is 7. The van der Waals surface area contributed by atoms with Crippen LogP contribution in [-0.4, -0.2) is 25.6 Å². The van der Waals surface area contributed by atoms with Gasteiger partial charge in [-0.15, -0.1) is 10.2 Å². The van der Waals surface area contributed by atoms with Crippen molar-refractivity contribution in [2.75, 3.05) is 5.75 Å². The molecule has 0 aliphatic heterocycles. The topological polar surface area (TPSA) is 50.9 Å². The fraction of sp³-hybridized carbons (Fsp3) is 0.130. The lowest BCUT2D eigenvalue weighted by Gasteiger charge is -2.13. The molecule has 0 aliphatic carbocycles. The average Bonchev–Trinajstić information content (AvgIpc) is 3.16. The molecule has 4 aromatic rings. The lowest BCUT2D eigenvalue weighted by Crippen LogP contribution is -2.06. The van der Waals surface area contributed by atoms with Crippen molar-refractivity contribution in [1.82, 2.24) is 14.8 Å². The third-order valence-corrected chi connectivity index (χ3v) is 5.94. The summed E-state index contributed by atoms with van der Waals surface area (Å²) in [6, 6.07) is 27.5. The number of aliphatic hydroxyl groups is 1. The first kappa shape index (κ1) is 19.7. The van der Waals surface area contributed by atoms with E-state index in [1.54, 1.807) is 0 Å². The van der Waals surface area contributed by atoms with Crippen molar-refractivity contribution < 1.29 is 5.11 Å². The van der Waals surface area contributed by atoms with Crippen molar-refractivity contribution in [3.63, 3.8) is 0 Å². The van der Waals surface area contributed by atoms with E-state index in [1.807, 2.05) is 72.8 Å². The third kappa shape index (κ3) is 4.70. The van der Waals surface area contributed by atoms with Gasteiger partial charge in [-0.05, 0) is 23.3 Å². The lowest BCUT2D eigenvalue weighted by molar-refractivity contribution is 0.204. The van der Waals surface area contributed by atoms with Gasteiger partial charge in [0.2, 0.25) is 0 Å². The maximum absolute atomic E-state index is 10.5. The maximum atomic E-state index is 10.5. The second-order valence-corrected chi connectivity index (χ2v) is 7.99. The zero-order valence-electron chi connectivity index (χ0n) is 15.6. The highest BCUT2D eigenvalue weighted by Crippen LogP contribution is 2.31. The Kier molecular flexibility index (Phi) is 6.30. The van der Waals surface area contributed by atoms with Crippen LogP contribution < -0.4 is 0 Å². The molecule has 0 fully saturated rings. The van der Waals surface area contributed by atoms with E-state index in [0.29, 0.717) is 17.3 Å². The first-order valence-electron chi connectivity index (χ1n) is 9.30. The van der Waals surface area contributed by atoms with Crippen LogP contribution in [0.4, 0.5) is 0 Å². The van der Waals surface area contributed by atoms with E-state index in [0.717, 1.165) is 27.7 Å². The summed E-state index contributed by atoms with van der Waals surface area (Å²) < 4.78 is 2.05. The van der Waals surface area contributed by atoms with Gasteiger partial charge in [-0.3, -0.25) is 4.57 Å². The standard InChI is InChI=1S/C23H20ClN3OS/c24-20-14-8-7-13-19(20)22-25-26-23(27(22)15-17-9-3-1-4-10-17)29-16-21(28)18-11-5-2-6-12-18/h1-14,21,28H,15-16H2. The van der Waals surface area contributed by atoms with E-state index < -0.39 is 6.10 Å². The summed E-state index contributed by atoms with van der Waals surface area (Å²) in [5.41, 5.74) is 2.87. The van der Waals surface area contributed by atoms with Gasteiger partial charge in [-0.25, -0.2) is 0 Å². The Morgan fingerprint density at radius 1 is 0.862 bits per heavy atom. The SMILES string of the molecule is OC(CSc1nnc(-c2ccccc2Cl)n1Cc1ccccc1)c1ccccc1. The molecule has 1 aromatic heterocycles. The Bertz CT molecular complexity index is 1070. The molecule has 1 N–H and O–H groups in total. The van der Waals surface area contributed by atoms with Crippen molar-refractivity contribution in [2.45, 2.75) is 17.8 Å². The minimum atomic E-state index is -0.577. The molecule has 0 saturated heterocycles. The molecule has 3 aromatic carbocycles. The van der Waals surface area contributed by atoms with Crippen LogP contribution in [0.3, 0.4) is 0 Å². The summed E-state index contributed by atoms with van der Waals surface area (Å²) in [5, 5.41) is 20.7. The second-order valence-electron chi connectivity index (χ2n) is 6.60. The van der Waals surface area contributed by atoms with Crippen molar-refractivity contribution >= 4 is 23.4 Å². The molecule has 0 bridgehead atoms. The number of aliphatic hydroxyl groups excluding tert-OH is 1. The maximum Gasteiger partial charge on any atom is 0.191 e.